The molecule has 0 bridgehead atoms. The van der Waals surface area contributed by atoms with E-state index in [0.717, 1.165) is 6.42 Å². The maximum absolute atomic E-state index is 12.3. The molecule has 2 atom stereocenters. The van der Waals surface area contributed by atoms with Gasteiger partial charge in [-0.3, -0.25) is 0 Å². The first-order valence-corrected chi connectivity index (χ1v) is 3.34. The minimum Gasteiger partial charge on any atom is -0.247 e. The summed E-state index contributed by atoms with van der Waals surface area (Å²) in [6.45, 7) is 0. The van der Waals surface area contributed by atoms with Gasteiger partial charge < -0.3 is 0 Å². The predicted molar refractivity (Wildman–Crippen MR) is 32.7 cm³/mol. The second-order valence-corrected chi connectivity index (χ2v) is 2.72. The van der Waals surface area contributed by atoms with Crippen molar-refractivity contribution in [3.63, 3.8) is 0 Å². The zero-order valence-corrected chi connectivity index (χ0v) is 5.37. The molecule has 0 N–H and O–H groups in total. The lowest BCUT2D eigenvalue weighted by molar-refractivity contribution is 0.276. The third-order valence-corrected chi connectivity index (χ3v) is 1.74. The highest BCUT2D eigenvalue weighted by Gasteiger charge is 2.18. The summed E-state index contributed by atoms with van der Waals surface area (Å²) in [5.41, 5.74) is 0. The lowest BCUT2D eigenvalue weighted by Gasteiger charge is -2.17. The van der Waals surface area contributed by atoms with Crippen LogP contribution in [0.15, 0.2) is 0 Å². The van der Waals surface area contributed by atoms with Gasteiger partial charge in [0, 0.05) is 5.38 Å². The van der Waals surface area contributed by atoms with Gasteiger partial charge in [0.2, 0.25) is 0 Å². The molecular weight excluding hydrogens is 127 g/mol. The van der Waals surface area contributed by atoms with Crippen LogP contribution in [0.3, 0.4) is 0 Å². The Bertz CT molecular complexity index is 66.9. The number of hydrogen-bond donors (Lipinski definition) is 0. The maximum Gasteiger partial charge on any atom is 0.102 e. The average Bonchev–Trinajstić information content (AvgIpc) is 1.64. The van der Waals surface area contributed by atoms with Gasteiger partial charge in [0.1, 0.15) is 6.17 Å². The Morgan fingerprint density at radius 3 is 2.75 bits per heavy atom. The predicted octanol–water partition coefficient (Wildman–Crippen LogP) is 2.32. The lowest BCUT2D eigenvalue weighted by atomic mass is 9.99. The van der Waals surface area contributed by atoms with E-state index >= 15 is 0 Å². The van der Waals surface area contributed by atoms with Crippen molar-refractivity contribution >= 4 is 11.6 Å². The van der Waals surface area contributed by atoms with Gasteiger partial charge in [-0.15, -0.1) is 11.6 Å². The Morgan fingerprint density at radius 1 is 1.62 bits per heavy atom. The summed E-state index contributed by atoms with van der Waals surface area (Å²) in [4.78, 5) is 0. The van der Waals surface area contributed by atoms with Gasteiger partial charge >= 0.3 is 0 Å². The zero-order valence-electron chi connectivity index (χ0n) is 4.61. The third-order valence-electron chi connectivity index (χ3n) is 1.38. The molecule has 8 heavy (non-hydrogen) atoms. The van der Waals surface area contributed by atoms with Gasteiger partial charge in [0.05, 0.1) is 0 Å². The first-order valence-electron chi connectivity index (χ1n) is 2.90. The van der Waals surface area contributed by atoms with Crippen LogP contribution in [0.2, 0.25) is 0 Å². The van der Waals surface area contributed by atoms with Crippen LogP contribution < -0.4 is 0 Å². The monoisotopic (exact) mass is 135 g/mol. The highest BCUT2D eigenvalue weighted by Crippen LogP contribution is 2.23. The van der Waals surface area contributed by atoms with Crippen molar-refractivity contribution in [2.24, 2.45) is 0 Å². The molecule has 47 valence electrons. The summed E-state index contributed by atoms with van der Waals surface area (Å²) in [5.74, 6) is 0. The molecule has 2 heteroatoms. The lowest BCUT2D eigenvalue weighted by Crippen LogP contribution is -2.16. The Morgan fingerprint density at radius 2 is 2.38 bits per heavy atom. The third kappa shape index (κ3) is 1.62. The molecule has 2 unspecified atom stereocenters. The van der Waals surface area contributed by atoms with Gasteiger partial charge in [-0.2, -0.15) is 0 Å². The first kappa shape index (κ1) is 6.34. The Balaban J connectivity index is 2.23. The van der Waals surface area contributed by atoms with Crippen LogP contribution in [-0.4, -0.2) is 11.5 Å². The van der Waals surface area contributed by atoms with Crippen LogP contribution in [-0.2, 0) is 0 Å². The van der Waals surface area contributed by atoms with Crippen LogP contribution in [0, 0.1) is 6.42 Å². The largest absolute Gasteiger partial charge is 0.247 e. The SMILES string of the molecule is FC1CC[CH]C(Cl)C1. The van der Waals surface area contributed by atoms with E-state index < -0.39 is 6.17 Å². The van der Waals surface area contributed by atoms with Gasteiger partial charge in [-0.05, 0) is 25.7 Å². The molecule has 1 rings (SSSR count). The first-order chi connectivity index (χ1) is 3.79. The molecule has 0 aromatic rings. The second-order valence-electron chi connectivity index (χ2n) is 2.16. The van der Waals surface area contributed by atoms with Gasteiger partial charge in [-0.25, -0.2) is 4.39 Å². The van der Waals surface area contributed by atoms with E-state index in [1.807, 2.05) is 6.42 Å². The topological polar surface area (TPSA) is 0 Å². The number of rotatable bonds is 0. The second kappa shape index (κ2) is 2.67. The van der Waals surface area contributed by atoms with Crippen molar-refractivity contribution in [2.75, 3.05) is 0 Å². The Hall–Kier alpha value is 0.220. The van der Waals surface area contributed by atoms with Crippen LogP contribution >= 0.6 is 11.6 Å². The standard InChI is InChI=1S/C6H9ClF/c7-5-2-1-3-6(8)4-5/h2,5-6H,1,3-4H2. The van der Waals surface area contributed by atoms with E-state index in [2.05, 4.69) is 0 Å². The fourth-order valence-corrected chi connectivity index (χ4v) is 1.24. The van der Waals surface area contributed by atoms with Crippen molar-refractivity contribution in [3.8, 4) is 0 Å². The van der Waals surface area contributed by atoms with E-state index in [9.17, 15) is 4.39 Å². The maximum atomic E-state index is 12.3. The molecule has 1 fully saturated rings. The zero-order chi connectivity index (χ0) is 5.98. The molecular formula is C6H9ClF. The molecule has 0 saturated heterocycles. The van der Waals surface area contributed by atoms with Crippen molar-refractivity contribution in [2.45, 2.75) is 30.8 Å². The van der Waals surface area contributed by atoms with E-state index in [1.54, 1.807) is 0 Å². The fraction of sp³-hybridized carbons (Fsp3) is 0.833. The normalized spacial score (nSPS) is 39.8. The fourth-order valence-electron chi connectivity index (χ4n) is 0.916. The van der Waals surface area contributed by atoms with E-state index in [-0.39, 0.29) is 5.38 Å². The molecule has 1 radical (unpaired) electrons. The number of halogens is 2. The Kier molecular flexibility index (Phi) is 2.12. The summed E-state index contributed by atoms with van der Waals surface area (Å²) in [6, 6.07) is 0. The van der Waals surface area contributed by atoms with E-state index in [0.29, 0.717) is 12.8 Å². The molecule has 0 amide bonds. The summed E-state index contributed by atoms with van der Waals surface area (Å²) in [7, 11) is 0. The van der Waals surface area contributed by atoms with Crippen LogP contribution in [0.25, 0.3) is 0 Å². The molecule has 0 aromatic heterocycles. The summed E-state index contributed by atoms with van der Waals surface area (Å²) in [6.07, 6.45) is 3.35. The smallest absolute Gasteiger partial charge is 0.102 e. The number of alkyl halides is 2. The molecule has 0 heterocycles. The Labute approximate surface area is 54.0 Å². The minimum absolute atomic E-state index is 0.0150. The quantitative estimate of drug-likeness (QED) is 0.447. The molecule has 1 aliphatic carbocycles. The van der Waals surface area contributed by atoms with Crippen LogP contribution in [0.4, 0.5) is 4.39 Å². The minimum atomic E-state index is -0.650. The van der Waals surface area contributed by atoms with Gasteiger partial charge in [0.15, 0.2) is 0 Å². The van der Waals surface area contributed by atoms with Crippen molar-refractivity contribution < 1.29 is 4.39 Å². The highest BCUT2D eigenvalue weighted by atomic mass is 35.5. The van der Waals surface area contributed by atoms with Crippen LogP contribution in [0.5, 0.6) is 0 Å². The summed E-state index contributed by atoms with van der Waals surface area (Å²) < 4.78 is 12.3. The van der Waals surface area contributed by atoms with Gasteiger partial charge in [-0.1, -0.05) is 0 Å². The van der Waals surface area contributed by atoms with E-state index in [4.69, 9.17) is 11.6 Å². The van der Waals surface area contributed by atoms with Crippen molar-refractivity contribution in [1.29, 1.82) is 0 Å². The average molecular weight is 136 g/mol. The van der Waals surface area contributed by atoms with Crippen molar-refractivity contribution in [3.05, 3.63) is 6.42 Å². The molecule has 1 aliphatic rings. The van der Waals surface area contributed by atoms with E-state index in [1.165, 1.54) is 0 Å². The van der Waals surface area contributed by atoms with Crippen molar-refractivity contribution in [1.82, 2.24) is 0 Å². The molecule has 1 saturated carbocycles. The van der Waals surface area contributed by atoms with Crippen LogP contribution in [0.1, 0.15) is 19.3 Å². The van der Waals surface area contributed by atoms with Gasteiger partial charge in [0.25, 0.3) is 0 Å². The molecule has 0 nitrogen and oxygen atoms in total. The number of hydrogen-bond acceptors (Lipinski definition) is 0. The summed E-state index contributed by atoms with van der Waals surface area (Å²) >= 11 is 5.62. The molecule has 0 spiro atoms. The highest BCUT2D eigenvalue weighted by molar-refractivity contribution is 6.21. The molecule has 0 aromatic carbocycles. The molecule has 0 aliphatic heterocycles. The summed E-state index contributed by atoms with van der Waals surface area (Å²) in [5, 5.41) is -0.0150.